The summed E-state index contributed by atoms with van der Waals surface area (Å²) in [6.07, 6.45) is 2.58. The van der Waals surface area contributed by atoms with Gasteiger partial charge in [-0.25, -0.2) is 13.1 Å². The molecule has 1 fully saturated rings. The summed E-state index contributed by atoms with van der Waals surface area (Å²) in [6.45, 7) is 6.48. The Kier molecular flexibility index (Phi) is 8.81. The summed E-state index contributed by atoms with van der Waals surface area (Å²) in [4.78, 5) is 15.1. The molecule has 1 aliphatic rings. The zero-order chi connectivity index (χ0) is 23.0. The number of nitrogens with one attached hydrogen (secondary N) is 2. The molecule has 2 N–H and O–H groups in total. The van der Waals surface area contributed by atoms with Gasteiger partial charge in [0.15, 0.2) is 0 Å². The van der Waals surface area contributed by atoms with Gasteiger partial charge in [0.05, 0.1) is 11.5 Å². The number of rotatable bonds is 10. The van der Waals surface area contributed by atoms with E-state index in [4.69, 9.17) is 4.74 Å². The quantitative estimate of drug-likeness (QED) is 0.534. The van der Waals surface area contributed by atoms with Gasteiger partial charge in [0.2, 0.25) is 10.0 Å². The van der Waals surface area contributed by atoms with Gasteiger partial charge in [-0.3, -0.25) is 9.69 Å². The summed E-state index contributed by atoms with van der Waals surface area (Å²) in [5.74, 6) is 0.520. The zero-order valence-corrected chi connectivity index (χ0v) is 19.7. The van der Waals surface area contributed by atoms with Gasteiger partial charge in [-0.15, -0.1) is 0 Å². The Bertz CT molecular complexity index is 975. The van der Waals surface area contributed by atoms with Crippen LogP contribution < -0.4 is 10.0 Å². The van der Waals surface area contributed by atoms with Gasteiger partial charge in [0, 0.05) is 38.9 Å². The van der Waals surface area contributed by atoms with Gasteiger partial charge in [-0.1, -0.05) is 31.2 Å². The molecular formula is C24H33N3O4S. The van der Waals surface area contributed by atoms with Gasteiger partial charge >= 0.3 is 0 Å². The number of piperidine rings is 1. The first-order chi connectivity index (χ1) is 15.4. The van der Waals surface area contributed by atoms with Crippen LogP contribution in [0.25, 0.3) is 0 Å². The molecule has 174 valence electrons. The van der Waals surface area contributed by atoms with Crippen molar-refractivity contribution in [2.24, 2.45) is 5.92 Å². The van der Waals surface area contributed by atoms with Crippen LogP contribution in [-0.2, 0) is 27.8 Å². The van der Waals surface area contributed by atoms with E-state index in [1.807, 2.05) is 12.1 Å². The average Bonchev–Trinajstić information content (AvgIpc) is 2.79. The smallest absolute Gasteiger partial charge is 0.251 e. The second kappa shape index (κ2) is 11.6. The van der Waals surface area contributed by atoms with Gasteiger partial charge in [-0.2, -0.15) is 0 Å². The van der Waals surface area contributed by atoms with E-state index in [1.54, 1.807) is 0 Å². The third kappa shape index (κ3) is 7.13. The molecule has 1 unspecified atom stereocenters. The fourth-order valence-corrected chi connectivity index (χ4v) is 4.90. The predicted octanol–water partition coefficient (Wildman–Crippen LogP) is 2.77. The first kappa shape index (κ1) is 24.4. The van der Waals surface area contributed by atoms with Crippen molar-refractivity contribution in [3.63, 3.8) is 0 Å². The molecule has 1 aliphatic heterocycles. The number of hydrogen-bond acceptors (Lipinski definition) is 5. The standard InChI is InChI=1S/C24H33N3O4S/c1-19-4-3-14-27(17-19)18-21-7-5-20(6-8-21)16-25-24(28)22-9-11-23(12-10-22)32(29,30)26-13-15-31-2/h5-12,19,26H,3-4,13-18H2,1-2H3,(H,25,28). The number of benzene rings is 2. The van der Waals surface area contributed by atoms with Crippen molar-refractivity contribution >= 4 is 15.9 Å². The number of carbonyl (C=O) groups excluding carboxylic acids is 1. The maximum absolute atomic E-state index is 12.5. The van der Waals surface area contributed by atoms with E-state index in [1.165, 1.54) is 49.8 Å². The van der Waals surface area contributed by atoms with Crippen LogP contribution in [0.2, 0.25) is 0 Å². The molecule has 1 saturated heterocycles. The number of carbonyl (C=O) groups is 1. The third-order valence-corrected chi connectivity index (χ3v) is 7.13. The lowest BCUT2D eigenvalue weighted by atomic mass is 9.99. The van der Waals surface area contributed by atoms with Crippen molar-refractivity contribution in [1.29, 1.82) is 0 Å². The Labute approximate surface area is 191 Å². The van der Waals surface area contributed by atoms with E-state index in [0.717, 1.165) is 31.1 Å². The highest BCUT2D eigenvalue weighted by atomic mass is 32.2. The summed E-state index contributed by atoms with van der Waals surface area (Å²) in [5, 5.41) is 2.89. The van der Waals surface area contributed by atoms with Crippen LogP contribution in [0.1, 0.15) is 41.3 Å². The van der Waals surface area contributed by atoms with Crippen LogP contribution in [0.5, 0.6) is 0 Å². The number of methoxy groups -OCH3 is 1. The van der Waals surface area contributed by atoms with Crippen LogP contribution in [0.3, 0.4) is 0 Å². The SMILES string of the molecule is COCCNS(=O)(=O)c1ccc(C(=O)NCc2ccc(CN3CCCC(C)C3)cc2)cc1. The molecule has 0 spiro atoms. The average molecular weight is 460 g/mol. The summed E-state index contributed by atoms with van der Waals surface area (Å²) < 4.78 is 31.7. The highest BCUT2D eigenvalue weighted by Gasteiger charge is 2.16. The lowest BCUT2D eigenvalue weighted by Gasteiger charge is -2.30. The van der Waals surface area contributed by atoms with Crippen LogP contribution in [0.4, 0.5) is 0 Å². The summed E-state index contributed by atoms with van der Waals surface area (Å²) >= 11 is 0. The van der Waals surface area contributed by atoms with Crippen LogP contribution >= 0.6 is 0 Å². The normalized spacial score (nSPS) is 17.2. The Balaban J connectivity index is 1.49. The summed E-state index contributed by atoms with van der Waals surface area (Å²) in [5.41, 5.74) is 2.72. The van der Waals surface area contributed by atoms with Crippen LogP contribution in [-0.4, -0.2) is 52.6 Å². The largest absolute Gasteiger partial charge is 0.383 e. The maximum Gasteiger partial charge on any atom is 0.251 e. The number of amides is 1. The lowest BCUT2D eigenvalue weighted by Crippen LogP contribution is -2.33. The Morgan fingerprint density at radius 2 is 1.78 bits per heavy atom. The molecular weight excluding hydrogens is 426 g/mol. The maximum atomic E-state index is 12.5. The van der Waals surface area contributed by atoms with E-state index in [0.29, 0.717) is 12.1 Å². The van der Waals surface area contributed by atoms with Gasteiger partial charge in [0.1, 0.15) is 0 Å². The fourth-order valence-electron chi connectivity index (χ4n) is 3.88. The van der Waals surface area contributed by atoms with Gasteiger partial charge in [-0.05, 0) is 60.7 Å². The van der Waals surface area contributed by atoms with Crippen molar-refractivity contribution in [3.05, 3.63) is 65.2 Å². The number of ether oxygens (including phenoxy) is 1. The summed E-state index contributed by atoms with van der Waals surface area (Å²) in [6, 6.07) is 14.2. The minimum absolute atomic E-state index is 0.115. The number of hydrogen-bond donors (Lipinski definition) is 2. The molecule has 0 bridgehead atoms. The molecule has 0 radical (unpaired) electrons. The lowest BCUT2D eigenvalue weighted by molar-refractivity contribution is 0.0951. The second-order valence-electron chi connectivity index (χ2n) is 8.40. The second-order valence-corrected chi connectivity index (χ2v) is 10.2. The molecule has 0 saturated carbocycles. The molecule has 3 rings (SSSR count). The van der Waals surface area contributed by atoms with E-state index in [9.17, 15) is 13.2 Å². The minimum Gasteiger partial charge on any atom is -0.383 e. The van der Waals surface area contributed by atoms with E-state index in [-0.39, 0.29) is 24.0 Å². The Hall–Kier alpha value is -2.26. The molecule has 32 heavy (non-hydrogen) atoms. The van der Waals surface area contributed by atoms with Gasteiger partial charge in [0.25, 0.3) is 5.91 Å². The third-order valence-electron chi connectivity index (χ3n) is 5.65. The highest BCUT2D eigenvalue weighted by molar-refractivity contribution is 7.89. The monoisotopic (exact) mass is 459 g/mol. The zero-order valence-electron chi connectivity index (χ0n) is 18.8. The molecule has 1 heterocycles. The first-order valence-corrected chi connectivity index (χ1v) is 12.5. The molecule has 2 aromatic rings. The van der Waals surface area contributed by atoms with E-state index < -0.39 is 10.0 Å². The van der Waals surface area contributed by atoms with E-state index in [2.05, 4.69) is 34.0 Å². The molecule has 0 aliphatic carbocycles. The molecule has 1 atom stereocenters. The number of nitrogens with zero attached hydrogens (tertiary/aromatic N) is 1. The van der Waals surface area contributed by atoms with Crippen molar-refractivity contribution < 1.29 is 17.9 Å². The molecule has 0 aromatic heterocycles. The molecule has 8 heteroatoms. The van der Waals surface area contributed by atoms with E-state index >= 15 is 0 Å². The van der Waals surface area contributed by atoms with Crippen LogP contribution in [0, 0.1) is 5.92 Å². The summed E-state index contributed by atoms with van der Waals surface area (Å²) in [7, 11) is -2.11. The van der Waals surface area contributed by atoms with Crippen molar-refractivity contribution in [3.8, 4) is 0 Å². The van der Waals surface area contributed by atoms with Crippen molar-refractivity contribution in [2.75, 3.05) is 33.4 Å². The Morgan fingerprint density at radius 1 is 1.09 bits per heavy atom. The number of sulfonamides is 1. The fraction of sp³-hybridized carbons (Fsp3) is 0.458. The van der Waals surface area contributed by atoms with Crippen LogP contribution in [0.15, 0.2) is 53.4 Å². The highest BCUT2D eigenvalue weighted by Crippen LogP contribution is 2.18. The minimum atomic E-state index is -3.61. The topological polar surface area (TPSA) is 87.7 Å². The molecule has 2 aromatic carbocycles. The predicted molar refractivity (Wildman–Crippen MR) is 125 cm³/mol. The molecule has 1 amide bonds. The Morgan fingerprint density at radius 3 is 2.44 bits per heavy atom. The van der Waals surface area contributed by atoms with Crippen molar-refractivity contribution in [2.45, 2.75) is 37.8 Å². The van der Waals surface area contributed by atoms with Gasteiger partial charge < -0.3 is 10.1 Å². The number of likely N-dealkylation sites (tertiary alicyclic amines) is 1. The molecule has 7 nitrogen and oxygen atoms in total. The van der Waals surface area contributed by atoms with Crippen molar-refractivity contribution in [1.82, 2.24) is 14.9 Å². The first-order valence-electron chi connectivity index (χ1n) is 11.0.